The molecule has 2 rings (SSSR count). The van der Waals surface area contributed by atoms with Crippen molar-refractivity contribution in [3.05, 3.63) is 29.8 Å². The Balaban J connectivity index is 1.77. The maximum Gasteiger partial charge on any atom is 0.0205 e. The summed E-state index contributed by atoms with van der Waals surface area (Å²) in [6.07, 6.45) is 6.04. The summed E-state index contributed by atoms with van der Waals surface area (Å²) in [6.45, 7) is 2.84. The molecule has 0 aromatic heterocycles. The molecule has 0 amide bonds. The lowest BCUT2D eigenvalue weighted by Gasteiger charge is -2.41. The third kappa shape index (κ3) is 3.24. The second kappa shape index (κ2) is 5.89. The van der Waals surface area contributed by atoms with Crippen LogP contribution in [0.2, 0.25) is 0 Å². The summed E-state index contributed by atoms with van der Waals surface area (Å²) in [4.78, 5) is 1.33. The van der Waals surface area contributed by atoms with E-state index in [0.717, 1.165) is 19.6 Å². The fourth-order valence-corrected chi connectivity index (χ4v) is 2.75. The number of nitrogens with two attached hydrogens (primary N) is 1. The standard InChI is InChI=1S/C14H22N2S/c1-17-13-5-3-12(4-6-13)9-16-11-14(10-15)7-2-8-14/h3-6,16H,2,7-11,15H2,1H3. The van der Waals surface area contributed by atoms with Crippen LogP contribution in [0.25, 0.3) is 0 Å². The molecule has 17 heavy (non-hydrogen) atoms. The molecule has 3 heteroatoms. The van der Waals surface area contributed by atoms with E-state index < -0.39 is 0 Å². The smallest absolute Gasteiger partial charge is 0.0205 e. The maximum absolute atomic E-state index is 5.84. The summed E-state index contributed by atoms with van der Waals surface area (Å²) in [5.74, 6) is 0. The van der Waals surface area contributed by atoms with Crippen molar-refractivity contribution in [3.63, 3.8) is 0 Å². The first kappa shape index (κ1) is 12.9. The van der Waals surface area contributed by atoms with E-state index in [4.69, 9.17) is 5.73 Å². The van der Waals surface area contributed by atoms with Crippen LogP contribution in [-0.2, 0) is 6.54 Å². The number of hydrogen-bond acceptors (Lipinski definition) is 3. The van der Waals surface area contributed by atoms with E-state index in [-0.39, 0.29) is 0 Å². The number of rotatable bonds is 6. The molecular weight excluding hydrogens is 228 g/mol. The number of nitrogens with one attached hydrogen (secondary N) is 1. The van der Waals surface area contributed by atoms with Crippen LogP contribution in [0.5, 0.6) is 0 Å². The lowest BCUT2D eigenvalue weighted by atomic mass is 9.69. The van der Waals surface area contributed by atoms with Crippen molar-refractivity contribution >= 4 is 11.8 Å². The van der Waals surface area contributed by atoms with Crippen LogP contribution in [0, 0.1) is 5.41 Å². The molecule has 0 unspecified atom stereocenters. The van der Waals surface area contributed by atoms with Crippen molar-refractivity contribution in [3.8, 4) is 0 Å². The SMILES string of the molecule is CSc1ccc(CNCC2(CN)CCC2)cc1. The fourth-order valence-electron chi connectivity index (χ4n) is 2.35. The summed E-state index contributed by atoms with van der Waals surface area (Å²) in [6, 6.07) is 8.77. The molecule has 0 heterocycles. The molecule has 0 spiro atoms. The molecule has 0 saturated heterocycles. The molecule has 3 N–H and O–H groups in total. The lowest BCUT2D eigenvalue weighted by molar-refractivity contribution is 0.141. The molecule has 1 aromatic rings. The highest BCUT2D eigenvalue weighted by atomic mass is 32.2. The first-order chi connectivity index (χ1) is 8.28. The highest BCUT2D eigenvalue weighted by molar-refractivity contribution is 7.98. The van der Waals surface area contributed by atoms with Crippen molar-refractivity contribution < 1.29 is 0 Å². The minimum absolute atomic E-state index is 0.402. The van der Waals surface area contributed by atoms with E-state index in [1.54, 1.807) is 11.8 Å². The highest BCUT2D eigenvalue weighted by Crippen LogP contribution is 2.39. The maximum atomic E-state index is 5.84. The largest absolute Gasteiger partial charge is 0.330 e. The van der Waals surface area contributed by atoms with Crippen LogP contribution in [0.3, 0.4) is 0 Å². The van der Waals surface area contributed by atoms with E-state index in [1.165, 1.54) is 29.7 Å². The van der Waals surface area contributed by atoms with Crippen molar-refractivity contribution in [2.75, 3.05) is 19.3 Å². The van der Waals surface area contributed by atoms with Gasteiger partial charge in [0.1, 0.15) is 0 Å². The monoisotopic (exact) mass is 250 g/mol. The summed E-state index contributed by atoms with van der Waals surface area (Å²) in [5, 5.41) is 3.55. The van der Waals surface area contributed by atoms with Crippen LogP contribution < -0.4 is 11.1 Å². The van der Waals surface area contributed by atoms with Gasteiger partial charge in [0.05, 0.1) is 0 Å². The van der Waals surface area contributed by atoms with Gasteiger partial charge in [0.25, 0.3) is 0 Å². The van der Waals surface area contributed by atoms with Gasteiger partial charge in [-0.05, 0) is 48.8 Å². The third-order valence-corrected chi connectivity index (χ3v) is 4.58. The molecule has 1 aliphatic carbocycles. The van der Waals surface area contributed by atoms with Crippen LogP contribution in [0.15, 0.2) is 29.2 Å². The average Bonchev–Trinajstić information content (AvgIpc) is 2.33. The number of hydrogen-bond donors (Lipinski definition) is 2. The van der Waals surface area contributed by atoms with Gasteiger partial charge in [0.15, 0.2) is 0 Å². The van der Waals surface area contributed by atoms with E-state index in [9.17, 15) is 0 Å². The van der Waals surface area contributed by atoms with Crippen LogP contribution in [-0.4, -0.2) is 19.3 Å². The summed E-state index contributed by atoms with van der Waals surface area (Å²) >= 11 is 1.79. The van der Waals surface area contributed by atoms with E-state index in [0.29, 0.717) is 5.41 Å². The first-order valence-electron chi connectivity index (χ1n) is 6.32. The van der Waals surface area contributed by atoms with E-state index in [1.807, 2.05) is 0 Å². The van der Waals surface area contributed by atoms with Crippen LogP contribution >= 0.6 is 11.8 Å². The van der Waals surface area contributed by atoms with Crippen LogP contribution in [0.4, 0.5) is 0 Å². The Labute approximate surface area is 108 Å². The third-order valence-electron chi connectivity index (χ3n) is 3.84. The predicted molar refractivity (Wildman–Crippen MR) is 75.3 cm³/mol. The van der Waals surface area contributed by atoms with Gasteiger partial charge in [0.2, 0.25) is 0 Å². The minimum atomic E-state index is 0.402. The lowest BCUT2D eigenvalue weighted by Crippen LogP contribution is -2.45. The molecule has 1 aliphatic rings. The van der Waals surface area contributed by atoms with Gasteiger partial charge in [-0.3, -0.25) is 0 Å². The Kier molecular flexibility index (Phi) is 4.48. The van der Waals surface area contributed by atoms with Gasteiger partial charge < -0.3 is 11.1 Å². The summed E-state index contributed by atoms with van der Waals surface area (Å²) in [7, 11) is 0. The molecule has 2 nitrogen and oxygen atoms in total. The molecule has 0 atom stereocenters. The molecule has 94 valence electrons. The van der Waals surface area contributed by atoms with Gasteiger partial charge >= 0.3 is 0 Å². The Morgan fingerprint density at radius 3 is 2.47 bits per heavy atom. The zero-order chi connectivity index (χ0) is 12.1. The van der Waals surface area contributed by atoms with Crippen molar-refractivity contribution in [2.45, 2.75) is 30.7 Å². The molecule has 1 fully saturated rings. The summed E-state index contributed by atoms with van der Waals surface area (Å²) in [5.41, 5.74) is 7.60. The Hall–Kier alpha value is -0.510. The fraction of sp³-hybridized carbons (Fsp3) is 0.571. The van der Waals surface area contributed by atoms with Gasteiger partial charge in [0, 0.05) is 18.0 Å². The van der Waals surface area contributed by atoms with Gasteiger partial charge in [-0.25, -0.2) is 0 Å². The Morgan fingerprint density at radius 1 is 1.29 bits per heavy atom. The van der Waals surface area contributed by atoms with Crippen molar-refractivity contribution in [1.29, 1.82) is 0 Å². The first-order valence-corrected chi connectivity index (χ1v) is 7.54. The minimum Gasteiger partial charge on any atom is -0.330 e. The zero-order valence-corrected chi connectivity index (χ0v) is 11.4. The highest BCUT2D eigenvalue weighted by Gasteiger charge is 2.34. The average molecular weight is 250 g/mol. The molecule has 1 saturated carbocycles. The van der Waals surface area contributed by atoms with Crippen molar-refractivity contribution in [2.24, 2.45) is 11.1 Å². The van der Waals surface area contributed by atoms with Crippen molar-refractivity contribution in [1.82, 2.24) is 5.32 Å². The van der Waals surface area contributed by atoms with Crippen LogP contribution in [0.1, 0.15) is 24.8 Å². The second-order valence-corrected chi connectivity index (χ2v) is 5.89. The quantitative estimate of drug-likeness (QED) is 0.762. The van der Waals surface area contributed by atoms with Gasteiger partial charge in [-0.15, -0.1) is 11.8 Å². The molecular formula is C14H22N2S. The Morgan fingerprint density at radius 2 is 2.00 bits per heavy atom. The van der Waals surface area contributed by atoms with Gasteiger partial charge in [-0.2, -0.15) is 0 Å². The Bertz CT molecular complexity index is 338. The van der Waals surface area contributed by atoms with E-state index >= 15 is 0 Å². The normalized spacial score (nSPS) is 17.8. The molecule has 0 aliphatic heterocycles. The molecule has 1 aromatic carbocycles. The topological polar surface area (TPSA) is 38.0 Å². The zero-order valence-electron chi connectivity index (χ0n) is 10.5. The second-order valence-electron chi connectivity index (χ2n) is 5.01. The predicted octanol–water partition coefficient (Wildman–Crippen LogP) is 2.63. The number of thioether (sulfide) groups is 1. The molecule has 0 radical (unpaired) electrons. The number of benzene rings is 1. The summed E-state index contributed by atoms with van der Waals surface area (Å²) < 4.78 is 0. The molecule has 0 bridgehead atoms. The van der Waals surface area contributed by atoms with E-state index in [2.05, 4.69) is 35.8 Å². The van der Waals surface area contributed by atoms with Gasteiger partial charge in [-0.1, -0.05) is 18.6 Å².